The molecular weight excluding hydrogens is 344 g/mol. The summed E-state index contributed by atoms with van der Waals surface area (Å²) in [6.45, 7) is 4.33. The summed E-state index contributed by atoms with van der Waals surface area (Å²) in [5.41, 5.74) is 7.79. The van der Waals surface area contributed by atoms with E-state index in [0.717, 1.165) is 25.2 Å². The maximum atomic E-state index is 12.5. The summed E-state index contributed by atoms with van der Waals surface area (Å²) in [6, 6.07) is 9.52. The highest BCUT2D eigenvalue weighted by Gasteiger charge is 2.22. The number of nitrogens with zero attached hydrogens (tertiary/aromatic N) is 3. The van der Waals surface area contributed by atoms with Crippen LogP contribution in [0.25, 0.3) is 0 Å². The topological polar surface area (TPSA) is 80.9 Å². The number of piperazine rings is 1. The largest absolute Gasteiger partial charge is 0.493 e. The lowest BCUT2D eigenvalue weighted by atomic mass is 10.2. The van der Waals surface area contributed by atoms with Crippen LogP contribution in [-0.2, 0) is 17.9 Å². The lowest BCUT2D eigenvalue weighted by Gasteiger charge is -2.34. The number of ether oxygens (including phenoxy) is 2. The molecule has 7 nitrogen and oxygen atoms in total. The minimum absolute atomic E-state index is 0.00695. The molecule has 1 aromatic carbocycles. The summed E-state index contributed by atoms with van der Waals surface area (Å²) in [7, 11) is 1.58. The average molecular weight is 370 g/mol. The molecule has 0 spiro atoms. The van der Waals surface area contributed by atoms with Crippen LogP contribution in [0.15, 0.2) is 42.7 Å². The second kappa shape index (κ2) is 9.34. The normalized spacial score (nSPS) is 14.8. The Bertz CT molecular complexity index is 746. The molecule has 0 aliphatic carbocycles. The minimum atomic E-state index is -0.0174. The molecule has 2 heterocycles. The number of rotatable bonds is 7. The molecule has 0 bridgehead atoms. The second-order valence-electron chi connectivity index (χ2n) is 6.50. The lowest BCUT2D eigenvalue weighted by Crippen LogP contribution is -2.49. The van der Waals surface area contributed by atoms with Gasteiger partial charge in [0.15, 0.2) is 18.1 Å². The Hall–Kier alpha value is -2.64. The molecule has 7 heteroatoms. The molecular formula is C20H26N4O3. The number of carbonyl (C=O) groups is 1. The molecule has 1 amide bonds. The Morgan fingerprint density at radius 3 is 2.63 bits per heavy atom. The van der Waals surface area contributed by atoms with E-state index in [1.54, 1.807) is 19.4 Å². The number of methoxy groups -OCH3 is 1. The average Bonchev–Trinajstić information content (AvgIpc) is 2.73. The van der Waals surface area contributed by atoms with Gasteiger partial charge >= 0.3 is 0 Å². The summed E-state index contributed by atoms with van der Waals surface area (Å²) >= 11 is 0. The van der Waals surface area contributed by atoms with Crippen molar-refractivity contribution >= 4 is 5.91 Å². The predicted molar refractivity (Wildman–Crippen MR) is 102 cm³/mol. The number of carbonyl (C=O) groups excluding carboxylic acids is 1. The first-order valence-electron chi connectivity index (χ1n) is 9.08. The Morgan fingerprint density at radius 2 is 1.96 bits per heavy atom. The first-order chi connectivity index (χ1) is 13.2. The fraction of sp³-hybridized carbons (Fsp3) is 0.400. The molecule has 1 aliphatic rings. The third-order valence-corrected chi connectivity index (χ3v) is 4.67. The van der Waals surface area contributed by atoms with Crippen LogP contribution in [0.4, 0.5) is 0 Å². The van der Waals surface area contributed by atoms with Crippen molar-refractivity contribution in [1.29, 1.82) is 0 Å². The highest BCUT2D eigenvalue weighted by atomic mass is 16.5. The van der Waals surface area contributed by atoms with Crippen LogP contribution >= 0.6 is 0 Å². The van der Waals surface area contributed by atoms with E-state index in [9.17, 15) is 4.79 Å². The van der Waals surface area contributed by atoms with Crippen molar-refractivity contribution in [1.82, 2.24) is 14.8 Å². The Morgan fingerprint density at radius 1 is 1.15 bits per heavy atom. The summed E-state index contributed by atoms with van der Waals surface area (Å²) in [6.07, 6.45) is 3.66. The van der Waals surface area contributed by atoms with Crippen molar-refractivity contribution in [3.05, 3.63) is 53.9 Å². The van der Waals surface area contributed by atoms with Crippen LogP contribution in [-0.4, -0.2) is 60.6 Å². The number of aromatic nitrogens is 1. The molecule has 1 fully saturated rings. The van der Waals surface area contributed by atoms with Gasteiger partial charge in [0.25, 0.3) is 5.91 Å². The Kier molecular flexibility index (Phi) is 6.62. The molecule has 27 heavy (non-hydrogen) atoms. The Labute approximate surface area is 159 Å². The lowest BCUT2D eigenvalue weighted by molar-refractivity contribution is -0.135. The van der Waals surface area contributed by atoms with Gasteiger partial charge in [0.05, 0.1) is 7.11 Å². The molecule has 0 saturated carbocycles. The number of nitrogens with two attached hydrogens (primary N) is 1. The first kappa shape index (κ1) is 19.1. The highest BCUT2D eigenvalue weighted by molar-refractivity contribution is 5.78. The zero-order chi connectivity index (χ0) is 19.1. The van der Waals surface area contributed by atoms with Gasteiger partial charge in [-0.25, -0.2) is 0 Å². The number of pyridine rings is 1. The van der Waals surface area contributed by atoms with Crippen molar-refractivity contribution < 1.29 is 14.3 Å². The highest BCUT2D eigenvalue weighted by Crippen LogP contribution is 2.28. The summed E-state index contributed by atoms with van der Waals surface area (Å²) in [5.74, 6) is 1.13. The van der Waals surface area contributed by atoms with Gasteiger partial charge in [-0.1, -0.05) is 12.1 Å². The predicted octanol–water partition coefficient (Wildman–Crippen LogP) is 1.27. The second-order valence-corrected chi connectivity index (χ2v) is 6.50. The maximum Gasteiger partial charge on any atom is 0.260 e. The Balaban J connectivity index is 1.48. The van der Waals surface area contributed by atoms with E-state index >= 15 is 0 Å². The van der Waals surface area contributed by atoms with Gasteiger partial charge in [-0.15, -0.1) is 0 Å². The van der Waals surface area contributed by atoms with Crippen LogP contribution in [0.2, 0.25) is 0 Å². The standard InChI is InChI=1S/C20H26N4O3/c1-26-18-5-4-16(12-21)11-19(18)27-15-20(25)24-9-7-23(8-10-24)14-17-3-2-6-22-13-17/h2-6,11,13H,7-10,12,14-15,21H2,1H3. The fourth-order valence-electron chi connectivity index (χ4n) is 3.10. The summed E-state index contributed by atoms with van der Waals surface area (Å²) in [5, 5.41) is 0. The summed E-state index contributed by atoms with van der Waals surface area (Å²) < 4.78 is 11.0. The maximum absolute atomic E-state index is 12.5. The third kappa shape index (κ3) is 5.18. The van der Waals surface area contributed by atoms with Crippen molar-refractivity contribution in [2.75, 3.05) is 39.9 Å². The SMILES string of the molecule is COc1ccc(CN)cc1OCC(=O)N1CCN(Cc2cccnc2)CC1. The van der Waals surface area contributed by atoms with Gasteiger partial charge in [0.1, 0.15) is 0 Å². The van der Waals surface area contributed by atoms with Crippen molar-refractivity contribution in [3.63, 3.8) is 0 Å². The third-order valence-electron chi connectivity index (χ3n) is 4.67. The molecule has 3 rings (SSSR count). The van der Waals surface area contributed by atoms with Gasteiger partial charge in [0, 0.05) is 51.7 Å². The van der Waals surface area contributed by atoms with Crippen LogP contribution in [0.3, 0.4) is 0 Å². The van der Waals surface area contributed by atoms with Crippen LogP contribution < -0.4 is 15.2 Å². The van der Waals surface area contributed by atoms with E-state index in [1.165, 1.54) is 5.56 Å². The van der Waals surface area contributed by atoms with Gasteiger partial charge < -0.3 is 20.1 Å². The van der Waals surface area contributed by atoms with Crippen LogP contribution in [0.5, 0.6) is 11.5 Å². The molecule has 2 aromatic rings. The van der Waals surface area contributed by atoms with Crippen molar-refractivity contribution in [2.24, 2.45) is 5.73 Å². The van der Waals surface area contributed by atoms with E-state index < -0.39 is 0 Å². The van der Waals surface area contributed by atoms with Gasteiger partial charge in [0.2, 0.25) is 0 Å². The fourth-order valence-corrected chi connectivity index (χ4v) is 3.10. The van der Waals surface area contributed by atoms with Crippen molar-refractivity contribution in [3.8, 4) is 11.5 Å². The first-order valence-corrected chi connectivity index (χ1v) is 9.08. The molecule has 2 N–H and O–H groups in total. The monoisotopic (exact) mass is 370 g/mol. The molecule has 144 valence electrons. The molecule has 0 unspecified atom stereocenters. The number of amides is 1. The van der Waals surface area contributed by atoms with Gasteiger partial charge in [-0.05, 0) is 29.3 Å². The van der Waals surface area contributed by atoms with Crippen LogP contribution in [0, 0.1) is 0 Å². The molecule has 0 atom stereocenters. The zero-order valence-corrected chi connectivity index (χ0v) is 15.6. The quantitative estimate of drug-likeness (QED) is 0.791. The van der Waals surface area contributed by atoms with E-state index in [2.05, 4.69) is 16.0 Å². The molecule has 1 saturated heterocycles. The van der Waals surface area contributed by atoms with E-state index in [0.29, 0.717) is 31.1 Å². The summed E-state index contributed by atoms with van der Waals surface area (Å²) in [4.78, 5) is 20.8. The van der Waals surface area contributed by atoms with Crippen LogP contribution in [0.1, 0.15) is 11.1 Å². The van der Waals surface area contributed by atoms with Gasteiger partial charge in [-0.3, -0.25) is 14.7 Å². The van der Waals surface area contributed by atoms with E-state index in [4.69, 9.17) is 15.2 Å². The van der Waals surface area contributed by atoms with E-state index in [1.807, 2.05) is 29.3 Å². The van der Waals surface area contributed by atoms with E-state index in [-0.39, 0.29) is 12.5 Å². The smallest absolute Gasteiger partial charge is 0.260 e. The minimum Gasteiger partial charge on any atom is -0.493 e. The number of hydrogen-bond donors (Lipinski definition) is 1. The van der Waals surface area contributed by atoms with Gasteiger partial charge in [-0.2, -0.15) is 0 Å². The zero-order valence-electron chi connectivity index (χ0n) is 15.6. The molecule has 1 aliphatic heterocycles. The number of benzene rings is 1. The number of hydrogen-bond acceptors (Lipinski definition) is 6. The van der Waals surface area contributed by atoms with Crippen molar-refractivity contribution in [2.45, 2.75) is 13.1 Å². The molecule has 0 radical (unpaired) electrons. The molecule has 1 aromatic heterocycles.